The zero-order valence-corrected chi connectivity index (χ0v) is 10.3. The van der Waals surface area contributed by atoms with E-state index in [-0.39, 0.29) is 12.4 Å². The lowest BCUT2D eigenvalue weighted by Gasteiger charge is -2.35. The summed E-state index contributed by atoms with van der Waals surface area (Å²) in [6.07, 6.45) is 0.412. The Morgan fingerprint density at radius 2 is 2.33 bits per heavy atom. The number of aliphatic hydroxyl groups excluding tert-OH is 1. The maximum atomic E-state index is 13.1. The normalized spacial score (nSPS) is 25.4. The first kappa shape index (κ1) is 13.0. The number of nitriles is 1. The zero-order chi connectivity index (χ0) is 13.2. The second-order valence-corrected chi connectivity index (χ2v) is 4.83. The highest BCUT2D eigenvalue weighted by Crippen LogP contribution is 2.41. The molecule has 2 atom stereocenters. The van der Waals surface area contributed by atoms with Gasteiger partial charge in [0.05, 0.1) is 12.7 Å². The molecule has 1 N–H and O–H groups in total. The summed E-state index contributed by atoms with van der Waals surface area (Å²) in [5, 5.41) is 19.8. The van der Waals surface area contributed by atoms with E-state index < -0.39 is 11.5 Å². The quantitative estimate of drug-likeness (QED) is 0.876. The van der Waals surface area contributed by atoms with E-state index in [1.54, 1.807) is 13.0 Å². The van der Waals surface area contributed by atoms with Crippen LogP contribution in [0.15, 0.2) is 18.2 Å². The highest BCUT2D eigenvalue weighted by Gasteiger charge is 2.41. The number of ether oxygens (including phenoxy) is 1. The van der Waals surface area contributed by atoms with Gasteiger partial charge in [-0.15, -0.1) is 0 Å². The fourth-order valence-electron chi connectivity index (χ4n) is 2.42. The van der Waals surface area contributed by atoms with E-state index in [0.29, 0.717) is 24.2 Å². The fraction of sp³-hybridized carbons (Fsp3) is 0.500. The second-order valence-electron chi connectivity index (χ2n) is 4.83. The van der Waals surface area contributed by atoms with Gasteiger partial charge in [-0.25, -0.2) is 4.39 Å². The molecule has 0 amide bonds. The van der Waals surface area contributed by atoms with Gasteiger partial charge in [-0.2, -0.15) is 5.26 Å². The maximum Gasteiger partial charge on any atom is 0.123 e. The summed E-state index contributed by atoms with van der Waals surface area (Å²) in [7, 11) is 0. The standard InChI is InChI=1S/C14H16FNO2/c1-10-7-11(15)3-4-12(10)13(17)14(8-16)5-2-6-18-9-14/h3-4,7,13,17H,2,5-6,9H2,1H3. The van der Waals surface area contributed by atoms with Crippen molar-refractivity contribution < 1.29 is 14.2 Å². The molecule has 18 heavy (non-hydrogen) atoms. The van der Waals surface area contributed by atoms with E-state index in [1.165, 1.54) is 12.1 Å². The molecule has 1 aliphatic heterocycles. The highest BCUT2D eigenvalue weighted by atomic mass is 19.1. The summed E-state index contributed by atoms with van der Waals surface area (Å²) >= 11 is 0. The van der Waals surface area contributed by atoms with Crippen molar-refractivity contribution in [2.75, 3.05) is 13.2 Å². The summed E-state index contributed by atoms with van der Waals surface area (Å²) in [6.45, 7) is 2.58. The molecule has 0 spiro atoms. The van der Waals surface area contributed by atoms with E-state index >= 15 is 0 Å². The lowest BCUT2D eigenvalue weighted by molar-refractivity contribution is -0.0508. The van der Waals surface area contributed by atoms with Gasteiger partial charge in [0.2, 0.25) is 0 Å². The first-order valence-electron chi connectivity index (χ1n) is 6.02. The summed E-state index contributed by atoms with van der Waals surface area (Å²) < 4.78 is 18.4. The fourth-order valence-corrected chi connectivity index (χ4v) is 2.42. The smallest absolute Gasteiger partial charge is 0.123 e. The Morgan fingerprint density at radius 1 is 1.56 bits per heavy atom. The molecule has 4 heteroatoms. The molecule has 1 saturated heterocycles. The molecule has 1 fully saturated rings. The van der Waals surface area contributed by atoms with Crippen molar-refractivity contribution in [2.45, 2.75) is 25.9 Å². The van der Waals surface area contributed by atoms with Gasteiger partial charge in [0.15, 0.2) is 0 Å². The summed E-state index contributed by atoms with van der Waals surface area (Å²) in [6, 6.07) is 6.41. The van der Waals surface area contributed by atoms with Crippen LogP contribution in [-0.2, 0) is 4.74 Å². The topological polar surface area (TPSA) is 53.2 Å². The van der Waals surface area contributed by atoms with Crippen LogP contribution >= 0.6 is 0 Å². The van der Waals surface area contributed by atoms with Crippen LogP contribution in [0.5, 0.6) is 0 Å². The predicted molar refractivity (Wildman–Crippen MR) is 64.2 cm³/mol. The Balaban J connectivity index is 2.34. The third-order valence-corrected chi connectivity index (χ3v) is 3.54. The minimum absolute atomic E-state index is 0.224. The molecule has 96 valence electrons. The molecular formula is C14H16FNO2. The van der Waals surface area contributed by atoms with Crippen LogP contribution in [0, 0.1) is 29.5 Å². The van der Waals surface area contributed by atoms with Gasteiger partial charge in [-0.05, 0) is 43.0 Å². The molecular weight excluding hydrogens is 233 g/mol. The van der Waals surface area contributed by atoms with Crippen molar-refractivity contribution in [3.63, 3.8) is 0 Å². The molecule has 0 aromatic heterocycles. The number of rotatable bonds is 2. The molecule has 1 aromatic rings. The Hall–Kier alpha value is -1.44. The van der Waals surface area contributed by atoms with Crippen LogP contribution in [0.2, 0.25) is 0 Å². The molecule has 1 aromatic carbocycles. The average Bonchev–Trinajstić information content (AvgIpc) is 2.39. The molecule has 0 aliphatic carbocycles. The van der Waals surface area contributed by atoms with E-state index in [4.69, 9.17) is 4.74 Å². The van der Waals surface area contributed by atoms with Gasteiger partial charge in [0.25, 0.3) is 0 Å². The first-order chi connectivity index (χ1) is 8.59. The van der Waals surface area contributed by atoms with Gasteiger partial charge in [-0.1, -0.05) is 6.07 Å². The van der Waals surface area contributed by atoms with Crippen LogP contribution in [0.3, 0.4) is 0 Å². The number of aliphatic hydroxyl groups is 1. The van der Waals surface area contributed by atoms with Gasteiger partial charge >= 0.3 is 0 Å². The third-order valence-electron chi connectivity index (χ3n) is 3.54. The number of aryl methyl sites for hydroxylation is 1. The molecule has 0 bridgehead atoms. The van der Waals surface area contributed by atoms with Crippen LogP contribution < -0.4 is 0 Å². The number of nitrogens with zero attached hydrogens (tertiary/aromatic N) is 1. The predicted octanol–water partition coefficient (Wildman–Crippen LogP) is 2.49. The largest absolute Gasteiger partial charge is 0.387 e. The average molecular weight is 249 g/mol. The van der Waals surface area contributed by atoms with E-state index in [9.17, 15) is 14.8 Å². The lowest BCUT2D eigenvalue weighted by atomic mass is 9.75. The van der Waals surface area contributed by atoms with Crippen LogP contribution in [-0.4, -0.2) is 18.3 Å². The SMILES string of the molecule is Cc1cc(F)ccc1C(O)C1(C#N)CCCOC1. The van der Waals surface area contributed by atoms with Crippen molar-refractivity contribution in [2.24, 2.45) is 5.41 Å². The first-order valence-corrected chi connectivity index (χ1v) is 6.02. The van der Waals surface area contributed by atoms with Crippen LogP contribution in [0.4, 0.5) is 4.39 Å². The second kappa shape index (κ2) is 5.05. The van der Waals surface area contributed by atoms with Gasteiger partial charge in [0.1, 0.15) is 17.3 Å². The zero-order valence-electron chi connectivity index (χ0n) is 10.3. The van der Waals surface area contributed by atoms with Crippen LogP contribution in [0.1, 0.15) is 30.1 Å². The summed E-state index contributed by atoms with van der Waals surface area (Å²) in [4.78, 5) is 0. The monoisotopic (exact) mass is 249 g/mol. The Morgan fingerprint density at radius 3 is 2.89 bits per heavy atom. The van der Waals surface area contributed by atoms with Crippen molar-refractivity contribution >= 4 is 0 Å². The third kappa shape index (κ3) is 2.24. The van der Waals surface area contributed by atoms with E-state index in [0.717, 1.165) is 6.42 Å². The van der Waals surface area contributed by atoms with E-state index in [2.05, 4.69) is 6.07 Å². The summed E-state index contributed by atoms with van der Waals surface area (Å²) in [5.74, 6) is -0.339. The molecule has 1 heterocycles. The molecule has 3 nitrogen and oxygen atoms in total. The van der Waals surface area contributed by atoms with Crippen LogP contribution in [0.25, 0.3) is 0 Å². The van der Waals surface area contributed by atoms with Crippen molar-refractivity contribution in [1.82, 2.24) is 0 Å². The number of hydrogen-bond donors (Lipinski definition) is 1. The molecule has 1 aliphatic rings. The molecule has 0 saturated carbocycles. The number of halogens is 1. The molecule has 2 rings (SSSR count). The number of benzene rings is 1. The van der Waals surface area contributed by atoms with Crippen molar-refractivity contribution in [3.8, 4) is 6.07 Å². The Labute approximate surface area is 106 Å². The van der Waals surface area contributed by atoms with E-state index in [1.807, 2.05) is 0 Å². The highest BCUT2D eigenvalue weighted by molar-refractivity contribution is 5.31. The number of hydrogen-bond acceptors (Lipinski definition) is 3. The molecule has 2 unspecified atom stereocenters. The maximum absolute atomic E-state index is 13.1. The summed E-state index contributed by atoms with van der Waals surface area (Å²) in [5.41, 5.74) is 0.340. The van der Waals surface area contributed by atoms with Gasteiger partial charge in [-0.3, -0.25) is 0 Å². The Kier molecular flexibility index (Phi) is 3.65. The van der Waals surface area contributed by atoms with Gasteiger partial charge < -0.3 is 9.84 Å². The van der Waals surface area contributed by atoms with Crippen molar-refractivity contribution in [3.05, 3.63) is 35.1 Å². The van der Waals surface area contributed by atoms with Gasteiger partial charge in [0, 0.05) is 6.61 Å². The minimum atomic E-state index is -0.941. The Bertz CT molecular complexity index is 475. The lowest BCUT2D eigenvalue weighted by Crippen LogP contribution is -2.36. The van der Waals surface area contributed by atoms with Crippen molar-refractivity contribution in [1.29, 1.82) is 5.26 Å². The molecule has 0 radical (unpaired) electrons. The minimum Gasteiger partial charge on any atom is -0.387 e.